The van der Waals surface area contributed by atoms with Gasteiger partial charge in [0.15, 0.2) is 0 Å². The summed E-state index contributed by atoms with van der Waals surface area (Å²) in [6, 6.07) is 5.92. The highest BCUT2D eigenvalue weighted by molar-refractivity contribution is 9.10. The van der Waals surface area contributed by atoms with Crippen molar-refractivity contribution in [1.82, 2.24) is 0 Å². The Balaban J connectivity index is 2.08. The Bertz CT molecular complexity index is 405. The minimum Gasteiger partial charge on any atom is -0.497 e. The molecule has 1 saturated carbocycles. The molecule has 0 heterocycles. The van der Waals surface area contributed by atoms with Crippen LogP contribution in [0.15, 0.2) is 22.7 Å². The lowest BCUT2D eigenvalue weighted by Crippen LogP contribution is -2.24. The van der Waals surface area contributed by atoms with Gasteiger partial charge in [0.1, 0.15) is 5.75 Å². The summed E-state index contributed by atoms with van der Waals surface area (Å²) in [5.41, 5.74) is 1.13. The maximum Gasteiger partial charge on any atom is 0.119 e. The fourth-order valence-corrected chi connectivity index (χ4v) is 3.37. The highest BCUT2D eigenvalue weighted by Gasteiger charge is 2.29. The summed E-state index contributed by atoms with van der Waals surface area (Å²) in [4.78, 5) is 0. The van der Waals surface area contributed by atoms with Crippen LogP contribution in [0.5, 0.6) is 5.75 Å². The van der Waals surface area contributed by atoms with Gasteiger partial charge in [-0.05, 0) is 48.4 Å². The van der Waals surface area contributed by atoms with E-state index < -0.39 is 0 Å². The predicted octanol–water partition coefficient (Wildman–Crippen LogP) is 3.80. The van der Waals surface area contributed by atoms with E-state index in [4.69, 9.17) is 4.74 Å². The van der Waals surface area contributed by atoms with E-state index in [9.17, 15) is 5.11 Å². The average Bonchev–Trinajstić information content (AvgIpc) is 2.78. The fourth-order valence-electron chi connectivity index (χ4n) is 2.96. The van der Waals surface area contributed by atoms with Gasteiger partial charge in [-0.15, -0.1) is 0 Å². The first kappa shape index (κ1) is 13.9. The molecular weight excluding hydrogens is 292 g/mol. The molecule has 0 amide bonds. The third kappa shape index (κ3) is 3.07. The lowest BCUT2D eigenvalue weighted by atomic mass is 9.88. The fraction of sp³-hybridized carbons (Fsp3) is 0.600. The number of aliphatic hydroxyl groups is 1. The number of halogens is 1. The molecule has 1 aliphatic rings. The molecule has 3 heteroatoms. The molecule has 2 rings (SSSR count). The van der Waals surface area contributed by atoms with Crippen LogP contribution in [0.25, 0.3) is 0 Å². The zero-order valence-electron chi connectivity index (χ0n) is 11.0. The number of ether oxygens (including phenoxy) is 1. The van der Waals surface area contributed by atoms with Crippen LogP contribution in [0.4, 0.5) is 0 Å². The van der Waals surface area contributed by atoms with E-state index >= 15 is 0 Å². The van der Waals surface area contributed by atoms with Crippen molar-refractivity contribution in [2.75, 3.05) is 7.11 Å². The monoisotopic (exact) mass is 312 g/mol. The van der Waals surface area contributed by atoms with Gasteiger partial charge in [-0.1, -0.05) is 35.7 Å². The molecule has 0 bridgehead atoms. The normalized spacial score (nSPS) is 25.1. The third-order valence-electron chi connectivity index (χ3n) is 4.10. The summed E-state index contributed by atoms with van der Waals surface area (Å²) in [7, 11) is 1.67. The Hall–Kier alpha value is -0.540. The Kier molecular flexibility index (Phi) is 4.68. The van der Waals surface area contributed by atoms with Crippen molar-refractivity contribution in [3.05, 3.63) is 28.2 Å². The number of rotatable bonds is 4. The van der Waals surface area contributed by atoms with E-state index in [1.165, 1.54) is 12.8 Å². The minimum atomic E-state index is -0.245. The second kappa shape index (κ2) is 6.07. The van der Waals surface area contributed by atoms with Gasteiger partial charge < -0.3 is 9.84 Å². The van der Waals surface area contributed by atoms with E-state index in [1.807, 2.05) is 18.2 Å². The molecule has 0 saturated heterocycles. The summed E-state index contributed by atoms with van der Waals surface area (Å²) < 4.78 is 6.28. The lowest BCUT2D eigenvalue weighted by molar-refractivity contribution is 0.0900. The van der Waals surface area contributed by atoms with E-state index in [-0.39, 0.29) is 6.10 Å². The summed E-state index contributed by atoms with van der Waals surface area (Å²) in [6.07, 6.45) is 4.12. The molecule has 18 heavy (non-hydrogen) atoms. The SMILES string of the molecule is COc1ccc(Br)c(CC(O)C2CCCC2C)c1. The molecule has 1 aromatic rings. The first-order valence-electron chi connectivity index (χ1n) is 6.62. The van der Waals surface area contributed by atoms with Crippen molar-refractivity contribution in [3.8, 4) is 5.75 Å². The Morgan fingerprint density at radius 2 is 2.22 bits per heavy atom. The first-order chi connectivity index (χ1) is 8.61. The number of methoxy groups -OCH3 is 1. The zero-order valence-corrected chi connectivity index (χ0v) is 12.6. The van der Waals surface area contributed by atoms with Crippen LogP contribution in [-0.2, 0) is 6.42 Å². The van der Waals surface area contributed by atoms with Crippen molar-refractivity contribution in [3.63, 3.8) is 0 Å². The number of aliphatic hydroxyl groups excluding tert-OH is 1. The second-order valence-electron chi connectivity index (χ2n) is 5.30. The van der Waals surface area contributed by atoms with Crippen LogP contribution in [-0.4, -0.2) is 18.3 Å². The highest BCUT2D eigenvalue weighted by atomic mass is 79.9. The minimum absolute atomic E-state index is 0.245. The maximum atomic E-state index is 10.4. The molecule has 3 atom stereocenters. The second-order valence-corrected chi connectivity index (χ2v) is 6.16. The van der Waals surface area contributed by atoms with Crippen molar-refractivity contribution in [1.29, 1.82) is 0 Å². The van der Waals surface area contributed by atoms with E-state index in [2.05, 4.69) is 22.9 Å². The van der Waals surface area contributed by atoms with Gasteiger partial charge in [-0.3, -0.25) is 0 Å². The van der Waals surface area contributed by atoms with Gasteiger partial charge in [-0.25, -0.2) is 0 Å². The molecule has 0 spiro atoms. The quantitative estimate of drug-likeness (QED) is 0.916. The third-order valence-corrected chi connectivity index (χ3v) is 4.88. The molecule has 1 aliphatic carbocycles. The first-order valence-corrected chi connectivity index (χ1v) is 7.41. The van der Waals surface area contributed by atoms with Crippen LogP contribution in [0.1, 0.15) is 31.7 Å². The molecule has 2 nitrogen and oxygen atoms in total. The number of benzene rings is 1. The molecule has 1 aromatic carbocycles. The molecule has 3 unspecified atom stereocenters. The van der Waals surface area contributed by atoms with Crippen molar-refractivity contribution >= 4 is 15.9 Å². The number of hydrogen-bond acceptors (Lipinski definition) is 2. The standard InChI is InChI=1S/C15H21BrO2/c1-10-4-3-5-13(10)15(17)9-11-8-12(18-2)6-7-14(11)16/h6-8,10,13,15,17H,3-5,9H2,1-2H3. The van der Waals surface area contributed by atoms with Crippen LogP contribution >= 0.6 is 15.9 Å². The van der Waals surface area contributed by atoms with E-state index in [0.29, 0.717) is 18.3 Å². The largest absolute Gasteiger partial charge is 0.497 e. The Labute approximate surface area is 117 Å². The van der Waals surface area contributed by atoms with E-state index in [1.54, 1.807) is 7.11 Å². The van der Waals surface area contributed by atoms with Crippen molar-refractivity contribution < 1.29 is 9.84 Å². The summed E-state index contributed by atoms with van der Waals surface area (Å²) in [5, 5.41) is 10.4. The maximum absolute atomic E-state index is 10.4. The number of hydrogen-bond donors (Lipinski definition) is 1. The average molecular weight is 313 g/mol. The summed E-state index contributed by atoms with van der Waals surface area (Å²) in [6.45, 7) is 2.25. The zero-order chi connectivity index (χ0) is 13.1. The van der Waals surface area contributed by atoms with Gasteiger partial charge in [0.05, 0.1) is 13.2 Å². The highest BCUT2D eigenvalue weighted by Crippen LogP contribution is 2.35. The molecule has 1 N–H and O–H groups in total. The van der Waals surface area contributed by atoms with E-state index in [0.717, 1.165) is 22.2 Å². The van der Waals surface area contributed by atoms with Crippen LogP contribution in [0, 0.1) is 11.8 Å². The molecule has 100 valence electrons. The van der Waals surface area contributed by atoms with Gasteiger partial charge in [-0.2, -0.15) is 0 Å². The lowest BCUT2D eigenvalue weighted by Gasteiger charge is -2.22. The summed E-state index contributed by atoms with van der Waals surface area (Å²) >= 11 is 3.55. The Morgan fingerprint density at radius 3 is 2.83 bits per heavy atom. The van der Waals surface area contributed by atoms with Crippen LogP contribution < -0.4 is 4.74 Å². The molecule has 0 radical (unpaired) electrons. The summed E-state index contributed by atoms with van der Waals surface area (Å²) in [5.74, 6) is 1.94. The van der Waals surface area contributed by atoms with Gasteiger partial charge in [0.2, 0.25) is 0 Å². The molecule has 1 fully saturated rings. The topological polar surface area (TPSA) is 29.5 Å². The van der Waals surface area contributed by atoms with Gasteiger partial charge in [0, 0.05) is 4.47 Å². The van der Waals surface area contributed by atoms with Crippen LogP contribution in [0.2, 0.25) is 0 Å². The Morgan fingerprint density at radius 1 is 1.44 bits per heavy atom. The molecular formula is C15H21BrO2. The molecule has 0 aliphatic heterocycles. The molecule has 0 aromatic heterocycles. The van der Waals surface area contributed by atoms with Crippen molar-refractivity contribution in [2.45, 2.75) is 38.7 Å². The smallest absolute Gasteiger partial charge is 0.119 e. The van der Waals surface area contributed by atoms with Gasteiger partial charge >= 0.3 is 0 Å². The van der Waals surface area contributed by atoms with Crippen LogP contribution in [0.3, 0.4) is 0 Å². The van der Waals surface area contributed by atoms with Crippen molar-refractivity contribution in [2.24, 2.45) is 11.8 Å². The van der Waals surface area contributed by atoms with Gasteiger partial charge in [0.25, 0.3) is 0 Å². The predicted molar refractivity (Wildman–Crippen MR) is 76.9 cm³/mol.